The van der Waals surface area contributed by atoms with Gasteiger partial charge in [-0.15, -0.1) is 11.3 Å². The van der Waals surface area contributed by atoms with Gasteiger partial charge >= 0.3 is 5.97 Å². The van der Waals surface area contributed by atoms with Gasteiger partial charge in [-0.05, 0) is 50.6 Å². The lowest BCUT2D eigenvalue weighted by molar-refractivity contribution is -0.145. The van der Waals surface area contributed by atoms with Crippen molar-refractivity contribution in [1.82, 2.24) is 15.0 Å². The molecule has 0 bridgehead atoms. The fraction of sp³-hybridized carbons (Fsp3) is 0.348. The van der Waals surface area contributed by atoms with E-state index in [2.05, 4.69) is 20.3 Å². The number of benzene rings is 1. The highest BCUT2D eigenvalue weighted by atomic mass is 32.2. The lowest BCUT2D eigenvalue weighted by Gasteiger charge is -2.09. The SMILES string of the molecule is CSc1nc(C)c(CCC(=O)OCc2csc(CC(=O)Nc3ccccc3C)n2)c(C)n1. The van der Waals surface area contributed by atoms with Crippen molar-refractivity contribution in [1.29, 1.82) is 0 Å². The van der Waals surface area contributed by atoms with Crippen LogP contribution in [0.5, 0.6) is 0 Å². The number of anilines is 1. The van der Waals surface area contributed by atoms with E-state index in [1.54, 1.807) is 0 Å². The number of hydrogen-bond donors (Lipinski definition) is 1. The summed E-state index contributed by atoms with van der Waals surface area (Å²) in [5.74, 6) is -0.428. The molecule has 7 nitrogen and oxygen atoms in total. The van der Waals surface area contributed by atoms with Gasteiger partial charge in [0.15, 0.2) is 5.16 Å². The second-order valence-electron chi connectivity index (χ2n) is 7.29. The summed E-state index contributed by atoms with van der Waals surface area (Å²) >= 11 is 2.88. The third kappa shape index (κ3) is 6.61. The first kappa shape index (κ1) is 23.9. The van der Waals surface area contributed by atoms with Crippen LogP contribution in [0.25, 0.3) is 0 Å². The number of carbonyl (C=O) groups excluding carboxylic acids is 2. The predicted octanol–water partition coefficient (Wildman–Crippen LogP) is 4.44. The molecule has 0 aliphatic rings. The molecule has 0 saturated carbocycles. The fourth-order valence-electron chi connectivity index (χ4n) is 3.16. The molecule has 2 aromatic heterocycles. The lowest BCUT2D eigenvalue weighted by Crippen LogP contribution is -2.15. The van der Waals surface area contributed by atoms with Crippen LogP contribution in [0.2, 0.25) is 0 Å². The maximum absolute atomic E-state index is 12.3. The highest BCUT2D eigenvalue weighted by molar-refractivity contribution is 7.98. The van der Waals surface area contributed by atoms with E-state index < -0.39 is 0 Å². The first-order valence-electron chi connectivity index (χ1n) is 10.2. The number of thioether (sulfide) groups is 1. The molecule has 1 N–H and O–H groups in total. The monoisotopic (exact) mass is 470 g/mol. The Labute approximate surface area is 196 Å². The molecule has 0 spiro atoms. The number of ether oxygens (including phenoxy) is 1. The molecule has 3 aromatic rings. The van der Waals surface area contributed by atoms with E-state index in [0.29, 0.717) is 17.1 Å². The van der Waals surface area contributed by atoms with Crippen molar-refractivity contribution in [2.45, 2.75) is 51.8 Å². The largest absolute Gasteiger partial charge is 0.459 e. The van der Waals surface area contributed by atoms with E-state index in [0.717, 1.165) is 33.4 Å². The molecule has 2 heterocycles. The van der Waals surface area contributed by atoms with E-state index in [4.69, 9.17) is 4.74 Å². The van der Waals surface area contributed by atoms with Crippen molar-refractivity contribution in [3.05, 3.63) is 62.9 Å². The van der Waals surface area contributed by atoms with Crippen molar-refractivity contribution >= 4 is 40.7 Å². The Morgan fingerprint density at radius 1 is 1.09 bits per heavy atom. The molecule has 1 aromatic carbocycles. The van der Waals surface area contributed by atoms with Crippen molar-refractivity contribution in [2.75, 3.05) is 11.6 Å². The van der Waals surface area contributed by atoms with Gasteiger partial charge in [-0.3, -0.25) is 9.59 Å². The van der Waals surface area contributed by atoms with Gasteiger partial charge < -0.3 is 10.1 Å². The van der Waals surface area contributed by atoms with Gasteiger partial charge in [0.05, 0.1) is 12.1 Å². The van der Waals surface area contributed by atoms with Crippen LogP contribution >= 0.6 is 23.1 Å². The van der Waals surface area contributed by atoms with Crippen molar-refractivity contribution in [2.24, 2.45) is 0 Å². The Hall–Kier alpha value is -2.78. The van der Waals surface area contributed by atoms with Crippen LogP contribution in [-0.2, 0) is 33.8 Å². The van der Waals surface area contributed by atoms with E-state index in [1.807, 2.05) is 56.7 Å². The molecule has 0 saturated heterocycles. The van der Waals surface area contributed by atoms with Crippen molar-refractivity contribution in [3.8, 4) is 0 Å². The van der Waals surface area contributed by atoms with Crippen LogP contribution in [0.1, 0.15) is 39.6 Å². The third-order valence-corrected chi connectivity index (χ3v) is 6.32. The second-order valence-corrected chi connectivity index (χ2v) is 9.01. The molecular formula is C23H26N4O3S2. The molecular weight excluding hydrogens is 444 g/mol. The summed E-state index contributed by atoms with van der Waals surface area (Å²) < 4.78 is 5.36. The maximum Gasteiger partial charge on any atom is 0.306 e. The Morgan fingerprint density at radius 3 is 2.50 bits per heavy atom. The summed E-state index contributed by atoms with van der Waals surface area (Å²) in [6, 6.07) is 7.62. The van der Waals surface area contributed by atoms with E-state index >= 15 is 0 Å². The van der Waals surface area contributed by atoms with Crippen LogP contribution in [-0.4, -0.2) is 33.1 Å². The molecule has 0 radical (unpaired) electrons. The molecule has 3 rings (SSSR count). The van der Waals surface area contributed by atoms with Crippen LogP contribution in [0.15, 0.2) is 34.8 Å². The summed E-state index contributed by atoms with van der Waals surface area (Å²) in [5, 5.41) is 6.12. The molecule has 0 unspecified atom stereocenters. The summed E-state index contributed by atoms with van der Waals surface area (Å²) in [6.07, 6.45) is 2.90. The number of para-hydroxylation sites is 1. The van der Waals surface area contributed by atoms with Crippen LogP contribution in [0, 0.1) is 20.8 Å². The standard InChI is InChI=1S/C23H26N4O3S2/c1-14-7-5-6-8-19(14)27-20(28)11-21-26-17(13-32-21)12-30-22(29)10-9-18-15(2)24-23(31-4)25-16(18)3/h5-8,13H,9-12H2,1-4H3,(H,27,28). The second kappa shape index (κ2) is 11.2. The lowest BCUT2D eigenvalue weighted by atomic mass is 10.1. The summed E-state index contributed by atoms with van der Waals surface area (Å²) in [6.45, 7) is 5.90. The van der Waals surface area contributed by atoms with Crippen molar-refractivity contribution in [3.63, 3.8) is 0 Å². The topological polar surface area (TPSA) is 94.1 Å². The van der Waals surface area contributed by atoms with Gasteiger partial charge in [-0.25, -0.2) is 15.0 Å². The minimum atomic E-state index is -0.301. The average Bonchev–Trinajstić information content (AvgIpc) is 3.20. The Morgan fingerprint density at radius 2 is 1.81 bits per heavy atom. The Bertz CT molecular complexity index is 1090. The van der Waals surface area contributed by atoms with Crippen LogP contribution in [0.4, 0.5) is 5.69 Å². The van der Waals surface area contributed by atoms with Gasteiger partial charge in [-0.2, -0.15) is 0 Å². The summed E-state index contributed by atoms with van der Waals surface area (Å²) in [4.78, 5) is 37.8. The molecule has 0 atom stereocenters. The molecule has 0 aliphatic carbocycles. The zero-order valence-corrected chi connectivity index (χ0v) is 20.2. The number of nitrogens with zero attached hydrogens (tertiary/aromatic N) is 3. The number of nitrogens with one attached hydrogen (secondary N) is 1. The van der Waals surface area contributed by atoms with Gasteiger partial charge in [0, 0.05) is 28.9 Å². The number of esters is 1. The molecule has 9 heteroatoms. The van der Waals surface area contributed by atoms with Gasteiger partial charge in [0.25, 0.3) is 0 Å². The minimum absolute atomic E-state index is 0.0919. The number of rotatable bonds is 9. The number of thiazole rings is 1. The number of carbonyl (C=O) groups is 2. The smallest absolute Gasteiger partial charge is 0.306 e. The normalized spacial score (nSPS) is 10.8. The zero-order chi connectivity index (χ0) is 23.1. The molecule has 1 amide bonds. The quantitative estimate of drug-likeness (QED) is 0.281. The van der Waals surface area contributed by atoms with Gasteiger partial charge in [0.2, 0.25) is 5.91 Å². The number of hydrogen-bond acceptors (Lipinski definition) is 8. The number of amides is 1. The Kier molecular flexibility index (Phi) is 8.35. The fourth-order valence-corrected chi connectivity index (χ4v) is 4.39. The predicted molar refractivity (Wildman–Crippen MR) is 127 cm³/mol. The first-order chi connectivity index (χ1) is 15.4. The van der Waals surface area contributed by atoms with Gasteiger partial charge in [0.1, 0.15) is 11.6 Å². The van der Waals surface area contributed by atoms with E-state index in [9.17, 15) is 9.59 Å². The minimum Gasteiger partial charge on any atom is -0.459 e. The Balaban J connectivity index is 1.46. The average molecular weight is 471 g/mol. The highest BCUT2D eigenvalue weighted by Crippen LogP contribution is 2.18. The molecule has 32 heavy (non-hydrogen) atoms. The highest BCUT2D eigenvalue weighted by Gasteiger charge is 2.13. The van der Waals surface area contributed by atoms with Gasteiger partial charge in [-0.1, -0.05) is 30.0 Å². The van der Waals surface area contributed by atoms with E-state index in [-0.39, 0.29) is 31.3 Å². The van der Waals surface area contributed by atoms with Crippen molar-refractivity contribution < 1.29 is 14.3 Å². The first-order valence-corrected chi connectivity index (χ1v) is 12.3. The van der Waals surface area contributed by atoms with Crippen LogP contribution < -0.4 is 5.32 Å². The number of aryl methyl sites for hydroxylation is 3. The molecule has 0 fully saturated rings. The van der Waals surface area contributed by atoms with E-state index in [1.165, 1.54) is 23.1 Å². The summed E-state index contributed by atoms with van der Waals surface area (Å²) in [7, 11) is 0. The summed E-state index contributed by atoms with van der Waals surface area (Å²) in [5.41, 5.74) is 5.20. The molecule has 0 aliphatic heterocycles. The number of aromatic nitrogens is 3. The zero-order valence-electron chi connectivity index (χ0n) is 18.6. The van der Waals surface area contributed by atoms with Crippen LogP contribution in [0.3, 0.4) is 0 Å². The third-order valence-electron chi connectivity index (χ3n) is 4.87. The molecule has 168 valence electrons. The maximum atomic E-state index is 12.3.